The third-order valence-electron chi connectivity index (χ3n) is 1.66. The molecule has 0 atom stereocenters. The summed E-state index contributed by atoms with van der Waals surface area (Å²) in [5.74, 6) is 0. The van der Waals surface area contributed by atoms with Crippen LogP contribution in [0.4, 0.5) is 0 Å². The number of aromatic nitrogens is 2. The average Bonchev–Trinajstić information content (AvgIpc) is 2.31. The normalized spacial score (nSPS) is 10.5. The predicted octanol–water partition coefficient (Wildman–Crippen LogP) is 0.586. The van der Waals surface area contributed by atoms with Crippen molar-refractivity contribution in [1.29, 1.82) is 0 Å². The highest BCUT2D eigenvalue weighted by Crippen LogP contribution is 2.13. The van der Waals surface area contributed by atoms with Gasteiger partial charge in [0.25, 0.3) is 0 Å². The molecule has 0 aliphatic carbocycles. The minimum absolute atomic E-state index is 0.969. The van der Waals surface area contributed by atoms with Gasteiger partial charge in [-0.25, -0.2) is 0 Å². The topological polar surface area (TPSA) is 45.5 Å². The molecular formula is C7H13BrN3+. The Labute approximate surface area is 74.7 Å². The highest BCUT2D eigenvalue weighted by atomic mass is 79.9. The van der Waals surface area contributed by atoms with Gasteiger partial charge in [-0.05, 0) is 22.9 Å². The van der Waals surface area contributed by atoms with E-state index in [9.17, 15) is 0 Å². The molecule has 1 heterocycles. The summed E-state index contributed by atoms with van der Waals surface area (Å²) < 4.78 is 3.08. The Morgan fingerprint density at radius 1 is 1.73 bits per heavy atom. The lowest BCUT2D eigenvalue weighted by Gasteiger charge is -2.00. The monoisotopic (exact) mass is 218 g/mol. The summed E-state index contributed by atoms with van der Waals surface area (Å²) in [6, 6.07) is 0. The highest BCUT2D eigenvalue weighted by Gasteiger charge is 2.01. The molecule has 1 aromatic rings. The zero-order valence-corrected chi connectivity index (χ0v) is 8.26. The van der Waals surface area contributed by atoms with Crippen LogP contribution < -0.4 is 5.73 Å². The molecule has 0 radical (unpaired) electrons. The second-order valence-electron chi connectivity index (χ2n) is 2.51. The molecular weight excluding hydrogens is 206 g/mol. The van der Waals surface area contributed by atoms with E-state index < -0.39 is 0 Å². The summed E-state index contributed by atoms with van der Waals surface area (Å²) in [7, 11) is 0. The standard InChI is InChI=1S/C7H12BrN3/c1-6-7(8)5-10-11(6)4-2-3-9/h5H,2-4,9H2,1H3/p+1. The van der Waals surface area contributed by atoms with Crippen molar-refractivity contribution < 1.29 is 5.73 Å². The molecule has 3 N–H and O–H groups in total. The summed E-state index contributed by atoms with van der Waals surface area (Å²) in [4.78, 5) is 0. The summed E-state index contributed by atoms with van der Waals surface area (Å²) in [6.45, 7) is 4.00. The van der Waals surface area contributed by atoms with E-state index in [2.05, 4.69) is 33.7 Å². The van der Waals surface area contributed by atoms with Gasteiger partial charge in [0, 0.05) is 18.7 Å². The number of rotatable bonds is 3. The molecule has 0 fully saturated rings. The lowest BCUT2D eigenvalue weighted by Crippen LogP contribution is -2.50. The summed E-state index contributed by atoms with van der Waals surface area (Å²) in [5.41, 5.74) is 4.98. The molecule has 0 aliphatic heterocycles. The van der Waals surface area contributed by atoms with Crippen LogP contribution in [-0.2, 0) is 6.54 Å². The van der Waals surface area contributed by atoms with Crippen molar-refractivity contribution in [3.8, 4) is 0 Å². The minimum atomic E-state index is 0.969. The molecule has 0 saturated heterocycles. The summed E-state index contributed by atoms with van der Waals surface area (Å²) in [5, 5.41) is 4.19. The van der Waals surface area contributed by atoms with Crippen molar-refractivity contribution in [2.24, 2.45) is 0 Å². The van der Waals surface area contributed by atoms with Gasteiger partial charge in [0.05, 0.1) is 17.2 Å². The van der Waals surface area contributed by atoms with Crippen LogP contribution in [0.25, 0.3) is 0 Å². The molecule has 0 aromatic carbocycles. The number of hydrogen-bond donors (Lipinski definition) is 1. The van der Waals surface area contributed by atoms with Crippen LogP contribution in [0, 0.1) is 6.92 Å². The molecule has 0 spiro atoms. The fourth-order valence-corrected chi connectivity index (χ4v) is 1.21. The second kappa shape index (κ2) is 3.88. The smallest absolute Gasteiger partial charge is 0.0757 e. The van der Waals surface area contributed by atoms with Crippen molar-refractivity contribution in [3.63, 3.8) is 0 Å². The Bertz CT molecular complexity index is 232. The molecule has 1 rings (SSSR count). The lowest BCUT2D eigenvalue weighted by atomic mass is 10.4. The van der Waals surface area contributed by atoms with Crippen LogP contribution in [0.3, 0.4) is 0 Å². The van der Waals surface area contributed by atoms with Crippen LogP contribution in [-0.4, -0.2) is 16.3 Å². The predicted molar refractivity (Wildman–Crippen MR) is 47.0 cm³/mol. The molecule has 1 aromatic heterocycles. The van der Waals surface area contributed by atoms with Crippen molar-refractivity contribution >= 4 is 15.9 Å². The van der Waals surface area contributed by atoms with Crippen LogP contribution in [0.1, 0.15) is 12.1 Å². The molecule has 0 amide bonds. The van der Waals surface area contributed by atoms with Gasteiger partial charge in [0.15, 0.2) is 0 Å². The van der Waals surface area contributed by atoms with Gasteiger partial charge in [-0.3, -0.25) is 4.68 Å². The van der Waals surface area contributed by atoms with Crippen molar-refractivity contribution in [2.75, 3.05) is 6.54 Å². The van der Waals surface area contributed by atoms with Gasteiger partial charge in [0.2, 0.25) is 0 Å². The van der Waals surface area contributed by atoms with Gasteiger partial charge in [-0.2, -0.15) is 5.10 Å². The van der Waals surface area contributed by atoms with E-state index >= 15 is 0 Å². The largest absolute Gasteiger partial charge is 0.358 e. The van der Waals surface area contributed by atoms with Crippen LogP contribution in [0.2, 0.25) is 0 Å². The summed E-state index contributed by atoms with van der Waals surface area (Å²) >= 11 is 3.41. The van der Waals surface area contributed by atoms with Crippen LogP contribution in [0.15, 0.2) is 10.7 Å². The van der Waals surface area contributed by atoms with E-state index in [-0.39, 0.29) is 0 Å². The molecule has 3 nitrogen and oxygen atoms in total. The number of nitrogens with zero attached hydrogens (tertiary/aromatic N) is 2. The van der Waals surface area contributed by atoms with Crippen molar-refractivity contribution in [2.45, 2.75) is 19.9 Å². The third kappa shape index (κ3) is 2.04. The van der Waals surface area contributed by atoms with E-state index in [0.717, 1.165) is 24.0 Å². The molecule has 0 aliphatic rings. The first kappa shape index (κ1) is 8.74. The Morgan fingerprint density at radius 2 is 2.45 bits per heavy atom. The number of aryl methyl sites for hydroxylation is 1. The first-order valence-electron chi connectivity index (χ1n) is 3.73. The SMILES string of the molecule is Cc1c(Br)cnn1CCC[NH3+]. The average molecular weight is 219 g/mol. The van der Waals surface area contributed by atoms with Crippen molar-refractivity contribution in [3.05, 3.63) is 16.4 Å². The Kier molecular flexibility index (Phi) is 3.08. The minimum Gasteiger partial charge on any atom is -0.358 e. The quantitative estimate of drug-likeness (QED) is 0.794. The van der Waals surface area contributed by atoms with E-state index in [1.54, 1.807) is 0 Å². The maximum Gasteiger partial charge on any atom is 0.0757 e. The van der Waals surface area contributed by atoms with Crippen molar-refractivity contribution in [1.82, 2.24) is 9.78 Å². The van der Waals surface area contributed by atoms with Gasteiger partial charge >= 0.3 is 0 Å². The molecule has 0 unspecified atom stereocenters. The second-order valence-corrected chi connectivity index (χ2v) is 3.36. The van der Waals surface area contributed by atoms with Crippen LogP contribution in [0.5, 0.6) is 0 Å². The molecule has 62 valence electrons. The van der Waals surface area contributed by atoms with Gasteiger partial charge in [-0.1, -0.05) is 0 Å². The maximum absolute atomic E-state index is 4.19. The van der Waals surface area contributed by atoms with Gasteiger partial charge in [0.1, 0.15) is 0 Å². The van der Waals surface area contributed by atoms with E-state index in [0.29, 0.717) is 0 Å². The fourth-order valence-electron chi connectivity index (χ4n) is 0.911. The lowest BCUT2D eigenvalue weighted by molar-refractivity contribution is -0.368. The fraction of sp³-hybridized carbons (Fsp3) is 0.571. The maximum atomic E-state index is 4.19. The Morgan fingerprint density at radius 3 is 2.91 bits per heavy atom. The molecule has 11 heavy (non-hydrogen) atoms. The van der Waals surface area contributed by atoms with E-state index in [1.165, 1.54) is 5.69 Å². The Balaban J connectivity index is 2.63. The van der Waals surface area contributed by atoms with Gasteiger partial charge < -0.3 is 5.73 Å². The molecule has 0 bridgehead atoms. The zero-order valence-electron chi connectivity index (χ0n) is 6.68. The van der Waals surface area contributed by atoms with Crippen LogP contribution >= 0.6 is 15.9 Å². The highest BCUT2D eigenvalue weighted by molar-refractivity contribution is 9.10. The number of quaternary nitrogens is 1. The first-order chi connectivity index (χ1) is 5.25. The first-order valence-corrected chi connectivity index (χ1v) is 4.52. The Hall–Kier alpha value is -0.350. The zero-order chi connectivity index (χ0) is 8.27. The third-order valence-corrected chi connectivity index (χ3v) is 2.44. The number of hydrogen-bond acceptors (Lipinski definition) is 1. The van der Waals surface area contributed by atoms with Gasteiger partial charge in [-0.15, -0.1) is 0 Å². The molecule has 0 saturated carbocycles. The van der Waals surface area contributed by atoms with E-state index in [1.807, 2.05) is 10.9 Å². The number of halogens is 1. The molecule has 4 heteroatoms. The van der Waals surface area contributed by atoms with E-state index in [4.69, 9.17) is 0 Å². The summed E-state index contributed by atoms with van der Waals surface area (Å²) in [6.07, 6.45) is 2.92.